The minimum absolute atomic E-state index is 0.189. The average molecular weight is 569 g/mol. The van der Waals surface area contributed by atoms with E-state index >= 15 is 0 Å². The third-order valence-corrected chi connectivity index (χ3v) is 7.76. The number of nitrogens with zero attached hydrogens (tertiary/aromatic N) is 2. The van der Waals surface area contributed by atoms with Gasteiger partial charge in [0, 0.05) is 31.4 Å². The summed E-state index contributed by atoms with van der Waals surface area (Å²) in [5.41, 5.74) is 10.1. The largest absolute Gasteiger partial charge is 0.482 e. The summed E-state index contributed by atoms with van der Waals surface area (Å²) in [7, 11) is 0. The summed E-state index contributed by atoms with van der Waals surface area (Å²) in [5.74, 6) is -0.217. The molecule has 10 heteroatoms. The van der Waals surface area contributed by atoms with Crippen LogP contribution in [0.4, 0.5) is 11.4 Å². The van der Waals surface area contributed by atoms with E-state index in [1.807, 2.05) is 48.5 Å². The summed E-state index contributed by atoms with van der Waals surface area (Å²) in [6, 6.07) is 17.8. The SMILES string of the molecule is CC(C(=O)NC(CN1CCOCC1)c1ccc(-c2cccc(N)c2)cc1)N1C(=O)COc2cc(Cl)c(Cl)cc21. The van der Waals surface area contributed by atoms with Crippen LogP contribution in [0.15, 0.2) is 60.7 Å². The van der Waals surface area contributed by atoms with Gasteiger partial charge in [-0.2, -0.15) is 0 Å². The second-order valence-electron chi connectivity index (χ2n) is 9.68. The number of hydrogen-bond donors (Lipinski definition) is 2. The first-order chi connectivity index (χ1) is 18.8. The lowest BCUT2D eigenvalue weighted by molar-refractivity contribution is -0.128. The number of amides is 2. The maximum absolute atomic E-state index is 13.6. The Morgan fingerprint density at radius 1 is 1.03 bits per heavy atom. The Bertz CT molecular complexity index is 1360. The summed E-state index contributed by atoms with van der Waals surface area (Å²) in [6.07, 6.45) is 0. The molecular weight excluding hydrogens is 539 g/mol. The van der Waals surface area contributed by atoms with Crippen LogP contribution < -0.4 is 20.7 Å². The molecule has 8 nitrogen and oxygen atoms in total. The van der Waals surface area contributed by atoms with Gasteiger partial charge in [0.2, 0.25) is 5.91 Å². The standard InChI is InChI=1S/C29H30Cl2N4O4/c1-18(35-26-14-23(30)24(31)15-27(26)39-17-28(35)36)29(37)33-25(16-34-9-11-38-12-10-34)20-7-5-19(6-8-20)21-3-2-4-22(32)13-21/h2-8,13-15,18,25H,9-12,16-17,32H2,1H3,(H,33,37). The van der Waals surface area contributed by atoms with Gasteiger partial charge in [0.1, 0.15) is 11.8 Å². The minimum Gasteiger partial charge on any atom is -0.482 e. The van der Waals surface area contributed by atoms with Crippen molar-refractivity contribution in [2.75, 3.05) is 50.1 Å². The van der Waals surface area contributed by atoms with Crippen molar-refractivity contribution in [3.8, 4) is 16.9 Å². The van der Waals surface area contributed by atoms with Gasteiger partial charge >= 0.3 is 0 Å². The van der Waals surface area contributed by atoms with Crippen molar-refractivity contribution in [3.05, 3.63) is 76.3 Å². The molecule has 2 aliphatic heterocycles. The highest BCUT2D eigenvalue weighted by atomic mass is 35.5. The number of ether oxygens (including phenoxy) is 2. The van der Waals surface area contributed by atoms with E-state index in [1.54, 1.807) is 19.1 Å². The van der Waals surface area contributed by atoms with Crippen LogP contribution in [0.1, 0.15) is 18.5 Å². The lowest BCUT2D eigenvalue weighted by Crippen LogP contribution is -2.53. The molecule has 1 fully saturated rings. The number of fused-ring (bicyclic) bond motifs is 1. The molecule has 0 saturated carbocycles. The number of halogens is 2. The van der Waals surface area contributed by atoms with Crippen LogP contribution in [0.2, 0.25) is 10.0 Å². The zero-order valence-electron chi connectivity index (χ0n) is 21.5. The lowest BCUT2D eigenvalue weighted by atomic mass is 9.99. The number of rotatable bonds is 7. The number of carbonyl (C=O) groups is 2. The quantitative estimate of drug-likeness (QED) is 0.406. The normalized spacial score (nSPS) is 17.2. The highest BCUT2D eigenvalue weighted by Gasteiger charge is 2.35. The van der Waals surface area contributed by atoms with Crippen LogP contribution >= 0.6 is 23.2 Å². The number of carbonyl (C=O) groups excluding carboxylic acids is 2. The van der Waals surface area contributed by atoms with Crippen LogP contribution in [0.5, 0.6) is 5.75 Å². The second-order valence-corrected chi connectivity index (χ2v) is 10.5. The summed E-state index contributed by atoms with van der Waals surface area (Å²) in [4.78, 5) is 30.2. The molecule has 5 rings (SSSR count). The number of benzene rings is 3. The van der Waals surface area contributed by atoms with Crippen molar-refractivity contribution in [3.63, 3.8) is 0 Å². The number of nitrogens with two attached hydrogens (primary N) is 1. The molecule has 1 saturated heterocycles. The van der Waals surface area contributed by atoms with Gasteiger partial charge in [0.05, 0.1) is 35.0 Å². The van der Waals surface area contributed by atoms with Crippen molar-refractivity contribution in [2.24, 2.45) is 0 Å². The fourth-order valence-corrected chi connectivity index (χ4v) is 5.21. The van der Waals surface area contributed by atoms with Crippen LogP contribution in [0.25, 0.3) is 11.1 Å². The second kappa shape index (κ2) is 11.8. The summed E-state index contributed by atoms with van der Waals surface area (Å²) in [6.45, 7) is 4.96. The number of morpholine rings is 1. The van der Waals surface area contributed by atoms with Crippen molar-refractivity contribution >= 4 is 46.4 Å². The van der Waals surface area contributed by atoms with Crippen molar-refractivity contribution in [1.29, 1.82) is 0 Å². The number of hydrogen-bond acceptors (Lipinski definition) is 6. The molecule has 2 aliphatic rings. The average Bonchev–Trinajstić information content (AvgIpc) is 2.94. The van der Waals surface area contributed by atoms with E-state index in [1.165, 1.54) is 4.90 Å². The molecule has 3 N–H and O–H groups in total. The van der Waals surface area contributed by atoms with Crippen molar-refractivity contribution in [2.45, 2.75) is 19.0 Å². The Labute approximate surface area is 237 Å². The smallest absolute Gasteiger partial charge is 0.265 e. The molecule has 204 valence electrons. The van der Waals surface area contributed by atoms with Crippen molar-refractivity contribution in [1.82, 2.24) is 10.2 Å². The molecule has 0 radical (unpaired) electrons. The number of nitrogens with one attached hydrogen (secondary N) is 1. The van der Waals surface area contributed by atoms with Gasteiger partial charge in [0.25, 0.3) is 5.91 Å². The van der Waals surface area contributed by atoms with E-state index in [4.69, 9.17) is 38.4 Å². The first kappa shape index (κ1) is 27.3. The first-order valence-electron chi connectivity index (χ1n) is 12.8. The van der Waals surface area contributed by atoms with Gasteiger partial charge in [-0.3, -0.25) is 19.4 Å². The first-order valence-corrected chi connectivity index (χ1v) is 13.6. The molecule has 2 unspecified atom stereocenters. The number of nitrogen functional groups attached to an aromatic ring is 1. The van der Waals surface area contributed by atoms with Gasteiger partial charge in [-0.05, 0) is 41.8 Å². The Morgan fingerprint density at radius 3 is 2.46 bits per heavy atom. The van der Waals surface area contributed by atoms with Crippen LogP contribution in [-0.2, 0) is 14.3 Å². The van der Waals surface area contributed by atoms with Gasteiger partial charge in [-0.1, -0.05) is 59.6 Å². The summed E-state index contributed by atoms with van der Waals surface area (Å²) < 4.78 is 11.1. The predicted molar refractivity (Wildman–Crippen MR) is 153 cm³/mol. The highest BCUT2D eigenvalue weighted by Crippen LogP contribution is 2.39. The zero-order valence-corrected chi connectivity index (χ0v) is 23.0. The molecule has 0 aromatic heterocycles. The minimum atomic E-state index is -0.809. The molecular formula is C29H30Cl2N4O4. The van der Waals surface area contributed by atoms with E-state index in [0.29, 0.717) is 41.9 Å². The van der Waals surface area contributed by atoms with Gasteiger partial charge in [-0.15, -0.1) is 0 Å². The molecule has 2 heterocycles. The van der Waals surface area contributed by atoms with E-state index in [9.17, 15) is 9.59 Å². The molecule has 39 heavy (non-hydrogen) atoms. The number of anilines is 2. The molecule has 2 atom stereocenters. The fourth-order valence-electron chi connectivity index (χ4n) is 4.90. The van der Waals surface area contributed by atoms with E-state index in [2.05, 4.69) is 10.2 Å². The van der Waals surface area contributed by atoms with E-state index in [0.717, 1.165) is 29.8 Å². The molecule has 0 spiro atoms. The Hall–Kier alpha value is -3.30. The maximum Gasteiger partial charge on any atom is 0.265 e. The van der Waals surface area contributed by atoms with Crippen LogP contribution in [0.3, 0.4) is 0 Å². The zero-order chi connectivity index (χ0) is 27.5. The Morgan fingerprint density at radius 2 is 1.74 bits per heavy atom. The highest BCUT2D eigenvalue weighted by molar-refractivity contribution is 6.42. The molecule has 3 aromatic rings. The molecule has 2 amide bonds. The predicted octanol–water partition coefficient (Wildman–Crippen LogP) is 4.55. The molecule has 3 aromatic carbocycles. The summed E-state index contributed by atoms with van der Waals surface area (Å²) >= 11 is 12.4. The van der Waals surface area contributed by atoms with Gasteiger partial charge in [-0.25, -0.2) is 0 Å². The van der Waals surface area contributed by atoms with Crippen molar-refractivity contribution < 1.29 is 19.1 Å². The third-order valence-electron chi connectivity index (χ3n) is 7.04. The Kier molecular flexibility index (Phi) is 8.28. The van der Waals surface area contributed by atoms with Crippen LogP contribution in [-0.4, -0.2) is 62.2 Å². The van der Waals surface area contributed by atoms with Gasteiger partial charge in [0.15, 0.2) is 6.61 Å². The monoisotopic (exact) mass is 568 g/mol. The third kappa shape index (κ3) is 6.15. The Balaban J connectivity index is 1.39. The van der Waals surface area contributed by atoms with Gasteiger partial charge < -0.3 is 20.5 Å². The topological polar surface area (TPSA) is 97.1 Å². The van der Waals surface area contributed by atoms with E-state index in [-0.39, 0.29) is 29.5 Å². The lowest BCUT2D eigenvalue weighted by Gasteiger charge is -2.35. The fraction of sp³-hybridized carbons (Fsp3) is 0.310. The molecule has 0 aliphatic carbocycles. The maximum atomic E-state index is 13.6. The summed E-state index contributed by atoms with van der Waals surface area (Å²) in [5, 5.41) is 3.78. The van der Waals surface area contributed by atoms with E-state index < -0.39 is 6.04 Å². The van der Waals surface area contributed by atoms with Crippen LogP contribution in [0, 0.1) is 0 Å². The molecule has 0 bridgehead atoms.